The van der Waals surface area contributed by atoms with E-state index in [-0.39, 0.29) is 26.4 Å². The second-order valence-corrected chi connectivity index (χ2v) is 7.45. The second-order valence-electron chi connectivity index (χ2n) is 5.37. The van der Waals surface area contributed by atoms with Crippen molar-refractivity contribution in [1.82, 2.24) is 10.4 Å². The number of amides is 2. The van der Waals surface area contributed by atoms with Gasteiger partial charge in [-0.25, -0.2) is 0 Å². The van der Waals surface area contributed by atoms with Crippen LogP contribution in [0.2, 0.25) is 5.02 Å². The van der Waals surface area contributed by atoms with Gasteiger partial charge in [-0.1, -0.05) is 41.6 Å². The number of benzene rings is 2. The Morgan fingerprint density at radius 1 is 1.33 bits per heavy atom. The Morgan fingerprint density at radius 3 is 2.78 bits per heavy atom. The first-order valence-corrected chi connectivity index (χ1v) is 9.21. The van der Waals surface area contributed by atoms with Crippen LogP contribution < -0.4 is 10.2 Å². The Morgan fingerprint density at radius 2 is 2.07 bits per heavy atom. The van der Waals surface area contributed by atoms with Gasteiger partial charge in [-0.2, -0.15) is 5.01 Å². The van der Waals surface area contributed by atoms with Crippen molar-refractivity contribution >= 4 is 57.8 Å². The van der Waals surface area contributed by atoms with Crippen molar-refractivity contribution in [2.45, 2.75) is 0 Å². The molecule has 1 aliphatic heterocycles. The van der Waals surface area contributed by atoms with Gasteiger partial charge in [-0.15, -0.1) is 0 Å². The minimum Gasteiger partial charge on any atom is -0.504 e. The summed E-state index contributed by atoms with van der Waals surface area (Å²) in [5.74, 6) is -0.720. The zero-order valence-electron chi connectivity index (χ0n) is 13.9. The van der Waals surface area contributed by atoms with E-state index < -0.39 is 11.8 Å². The molecule has 2 N–H and O–H groups in total. The maximum Gasteiger partial charge on any atom is 0.285 e. The molecule has 138 valence electrons. The fourth-order valence-electron chi connectivity index (χ4n) is 2.31. The van der Waals surface area contributed by atoms with Crippen LogP contribution in [0.25, 0.3) is 6.08 Å². The van der Waals surface area contributed by atoms with Crippen LogP contribution in [0.1, 0.15) is 15.9 Å². The van der Waals surface area contributed by atoms with Crippen molar-refractivity contribution in [2.75, 3.05) is 7.11 Å². The number of hydrazine groups is 1. The summed E-state index contributed by atoms with van der Waals surface area (Å²) < 4.78 is 5.25. The predicted octanol–water partition coefficient (Wildman–Crippen LogP) is 3.60. The number of rotatable bonds is 4. The molecule has 0 unspecified atom stereocenters. The zero-order valence-corrected chi connectivity index (χ0v) is 16.3. The number of nitrogens with one attached hydrogen (secondary N) is 1. The molecule has 0 radical (unpaired) electrons. The van der Waals surface area contributed by atoms with Crippen molar-refractivity contribution in [3.05, 3.63) is 63.5 Å². The number of carbonyl (C=O) groups is 2. The minimum absolute atomic E-state index is 0.00537. The average molecular weight is 421 g/mol. The molecule has 3 rings (SSSR count). The van der Waals surface area contributed by atoms with Gasteiger partial charge in [-0.05, 0) is 48.1 Å². The van der Waals surface area contributed by atoms with Gasteiger partial charge in [0.2, 0.25) is 0 Å². The monoisotopic (exact) mass is 420 g/mol. The maximum atomic E-state index is 12.6. The van der Waals surface area contributed by atoms with E-state index in [9.17, 15) is 14.7 Å². The highest BCUT2D eigenvalue weighted by atomic mass is 35.5. The number of methoxy groups -OCH3 is 1. The molecule has 0 aliphatic carbocycles. The number of hydrogen-bond acceptors (Lipinski definition) is 6. The molecule has 1 aliphatic rings. The quantitative estimate of drug-likeness (QED) is 0.581. The van der Waals surface area contributed by atoms with Gasteiger partial charge >= 0.3 is 0 Å². The summed E-state index contributed by atoms with van der Waals surface area (Å²) in [5.41, 5.74) is 3.35. The summed E-state index contributed by atoms with van der Waals surface area (Å²) in [6.45, 7) is 0. The SMILES string of the molecule is COc1cc(/C=C2/SC(=S)N(NC(=O)c3ccccc3Cl)C2=O)ccc1O. The number of phenols is 1. The third-order valence-electron chi connectivity index (χ3n) is 3.63. The largest absolute Gasteiger partial charge is 0.504 e. The van der Waals surface area contributed by atoms with Crippen LogP contribution in [0, 0.1) is 0 Å². The molecule has 1 fully saturated rings. The van der Waals surface area contributed by atoms with E-state index in [1.165, 1.54) is 13.2 Å². The van der Waals surface area contributed by atoms with E-state index >= 15 is 0 Å². The summed E-state index contributed by atoms with van der Waals surface area (Å²) in [6, 6.07) is 11.2. The van der Waals surface area contributed by atoms with Gasteiger partial charge in [0, 0.05) is 0 Å². The van der Waals surface area contributed by atoms with Crippen LogP contribution in [0.5, 0.6) is 11.5 Å². The van der Waals surface area contributed by atoms with Gasteiger partial charge < -0.3 is 9.84 Å². The topological polar surface area (TPSA) is 78.9 Å². The van der Waals surface area contributed by atoms with E-state index in [4.69, 9.17) is 28.6 Å². The second kappa shape index (κ2) is 7.99. The average Bonchev–Trinajstić information content (AvgIpc) is 2.91. The minimum atomic E-state index is -0.538. The molecule has 2 aromatic rings. The maximum absolute atomic E-state index is 12.6. The molecule has 0 aromatic heterocycles. The van der Waals surface area contributed by atoms with Crippen LogP contribution in [0.3, 0.4) is 0 Å². The molecule has 1 saturated heterocycles. The molecule has 0 spiro atoms. The van der Waals surface area contributed by atoms with Crippen molar-refractivity contribution in [1.29, 1.82) is 0 Å². The lowest BCUT2D eigenvalue weighted by molar-refractivity contribution is -0.123. The normalized spacial score (nSPS) is 15.3. The summed E-state index contributed by atoms with van der Waals surface area (Å²) in [6.07, 6.45) is 1.60. The third-order valence-corrected chi connectivity index (χ3v) is 5.26. The summed E-state index contributed by atoms with van der Waals surface area (Å²) in [7, 11) is 1.43. The highest BCUT2D eigenvalue weighted by Crippen LogP contribution is 2.33. The Kier molecular flexibility index (Phi) is 5.69. The third kappa shape index (κ3) is 4.08. The van der Waals surface area contributed by atoms with E-state index in [2.05, 4.69) is 5.43 Å². The van der Waals surface area contributed by atoms with Crippen LogP contribution in [0.4, 0.5) is 0 Å². The van der Waals surface area contributed by atoms with E-state index in [1.807, 2.05) is 0 Å². The van der Waals surface area contributed by atoms with Gasteiger partial charge in [0.1, 0.15) is 0 Å². The van der Waals surface area contributed by atoms with Gasteiger partial charge in [0.25, 0.3) is 11.8 Å². The lowest BCUT2D eigenvalue weighted by Gasteiger charge is -2.16. The van der Waals surface area contributed by atoms with Crippen LogP contribution in [-0.2, 0) is 4.79 Å². The molecule has 2 amide bonds. The fraction of sp³-hybridized carbons (Fsp3) is 0.0556. The molecule has 0 saturated carbocycles. The number of nitrogens with zero attached hydrogens (tertiary/aromatic N) is 1. The number of ether oxygens (including phenoxy) is 1. The predicted molar refractivity (Wildman–Crippen MR) is 109 cm³/mol. The molecular formula is C18H13ClN2O4S2. The first-order chi connectivity index (χ1) is 12.9. The Bertz CT molecular complexity index is 978. The lowest BCUT2D eigenvalue weighted by Crippen LogP contribution is -2.44. The van der Waals surface area contributed by atoms with Crippen molar-refractivity contribution in [2.24, 2.45) is 0 Å². The summed E-state index contributed by atoms with van der Waals surface area (Å²) in [5, 5.41) is 10.9. The van der Waals surface area contributed by atoms with Crippen molar-refractivity contribution in [3.63, 3.8) is 0 Å². The highest BCUT2D eigenvalue weighted by molar-refractivity contribution is 8.26. The molecule has 0 atom stereocenters. The summed E-state index contributed by atoms with van der Waals surface area (Å²) >= 11 is 12.3. The molecule has 6 nitrogen and oxygen atoms in total. The number of carbonyl (C=O) groups excluding carboxylic acids is 2. The van der Waals surface area contributed by atoms with Crippen molar-refractivity contribution < 1.29 is 19.4 Å². The van der Waals surface area contributed by atoms with Gasteiger partial charge in [-0.3, -0.25) is 15.0 Å². The zero-order chi connectivity index (χ0) is 19.6. The number of phenolic OH excluding ortho intramolecular Hbond substituents is 1. The van der Waals surface area contributed by atoms with Gasteiger partial charge in [0.15, 0.2) is 15.8 Å². The van der Waals surface area contributed by atoms with E-state index in [1.54, 1.807) is 42.5 Å². The number of hydrogen-bond donors (Lipinski definition) is 2. The van der Waals surface area contributed by atoms with Crippen molar-refractivity contribution in [3.8, 4) is 11.5 Å². The number of thiocarbonyl (C=S) groups is 1. The standard InChI is InChI=1S/C18H13ClN2O4S2/c1-25-14-8-10(6-7-13(14)22)9-15-17(24)21(18(26)27-15)20-16(23)11-4-2-3-5-12(11)19/h2-9,22H,1H3,(H,20,23)/b15-9+. The van der Waals surface area contributed by atoms with Crippen LogP contribution >= 0.6 is 35.6 Å². The Hall–Kier alpha value is -2.55. The first-order valence-electron chi connectivity index (χ1n) is 7.61. The molecule has 1 heterocycles. The number of aromatic hydroxyl groups is 1. The first kappa shape index (κ1) is 19.2. The Balaban J connectivity index is 1.81. The molecule has 2 aromatic carbocycles. The summed E-state index contributed by atoms with van der Waals surface area (Å²) in [4.78, 5) is 25.3. The lowest BCUT2D eigenvalue weighted by atomic mass is 10.2. The number of thioether (sulfide) groups is 1. The highest BCUT2D eigenvalue weighted by Gasteiger charge is 2.34. The van der Waals surface area contributed by atoms with E-state index in [0.717, 1.165) is 16.8 Å². The number of halogens is 1. The van der Waals surface area contributed by atoms with E-state index in [0.29, 0.717) is 10.5 Å². The molecule has 9 heteroatoms. The van der Waals surface area contributed by atoms with Crippen LogP contribution in [0.15, 0.2) is 47.4 Å². The molecular weight excluding hydrogens is 408 g/mol. The van der Waals surface area contributed by atoms with Gasteiger partial charge in [0.05, 0.1) is 22.6 Å². The van der Waals surface area contributed by atoms with Crippen LogP contribution in [-0.4, -0.2) is 33.4 Å². The smallest absolute Gasteiger partial charge is 0.285 e. The Labute approximate surface area is 169 Å². The fourth-order valence-corrected chi connectivity index (χ4v) is 3.71. The molecule has 0 bridgehead atoms. The molecule has 27 heavy (non-hydrogen) atoms.